The molecule has 0 aliphatic heterocycles. The van der Waals surface area contributed by atoms with Crippen LogP contribution in [-0.2, 0) is 15.6 Å². The van der Waals surface area contributed by atoms with E-state index in [1.165, 1.54) is 70.0 Å². The minimum atomic E-state index is -2.07. The fourth-order valence-corrected chi connectivity index (χ4v) is 15.2. The lowest BCUT2D eigenvalue weighted by Crippen LogP contribution is -2.49. The van der Waals surface area contributed by atoms with Crippen LogP contribution in [0.1, 0.15) is 54.8 Å². The Bertz CT molecular complexity index is 2730. The van der Waals surface area contributed by atoms with Gasteiger partial charge in [0.15, 0.2) is 0 Å². The molecular weight excluding hydrogens is 753 g/mol. The second kappa shape index (κ2) is 13.4. The maximum absolute atomic E-state index is 11.4. The molecule has 7 heteroatoms. The number of benzene rings is 5. The maximum Gasteiger partial charge on any atom is 0.346 e. The van der Waals surface area contributed by atoms with Gasteiger partial charge >= 0.3 is 5.97 Å². The van der Waals surface area contributed by atoms with Gasteiger partial charge in [0.2, 0.25) is 0 Å². The molecule has 57 heavy (non-hydrogen) atoms. The number of nitriles is 1. The van der Waals surface area contributed by atoms with E-state index in [1.807, 2.05) is 17.4 Å². The van der Waals surface area contributed by atoms with Crippen LogP contribution in [0.25, 0.3) is 38.8 Å². The minimum Gasteiger partial charge on any atom is -0.477 e. The smallest absolute Gasteiger partial charge is 0.346 e. The first-order valence-electron chi connectivity index (χ1n) is 19.2. The molecule has 0 saturated carbocycles. The van der Waals surface area contributed by atoms with Crippen LogP contribution in [0.5, 0.6) is 0 Å². The summed E-state index contributed by atoms with van der Waals surface area (Å²) < 4.78 is 2.60. The molecule has 2 heterocycles. The predicted octanol–water partition coefficient (Wildman–Crippen LogP) is 12.4. The summed E-state index contributed by atoms with van der Waals surface area (Å²) in [7, 11) is -2.07. The van der Waals surface area contributed by atoms with Gasteiger partial charge in [-0.2, -0.15) is 5.26 Å². The van der Waals surface area contributed by atoms with E-state index in [4.69, 9.17) is 0 Å². The van der Waals surface area contributed by atoms with Gasteiger partial charge in [0.25, 0.3) is 0 Å². The van der Waals surface area contributed by atoms with Crippen molar-refractivity contribution < 1.29 is 9.90 Å². The lowest BCUT2D eigenvalue weighted by molar-refractivity contribution is -0.132. The Morgan fingerprint density at radius 3 is 1.67 bits per heavy atom. The van der Waals surface area contributed by atoms with E-state index in [0.29, 0.717) is 0 Å². The summed E-state index contributed by atoms with van der Waals surface area (Å²) in [5.41, 5.74) is 14.7. The number of hydrogen-bond acceptors (Lipinski definition) is 5. The summed E-state index contributed by atoms with van der Waals surface area (Å²) in [4.78, 5) is 15.8. The zero-order valence-electron chi connectivity index (χ0n) is 32.8. The number of carboxylic acids is 1. The normalized spacial score (nSPS) is 14.6. The standard InChI is InChI=1S/C50H42N2O2S2Si/c1-49(2)41-13-9-7-11-37(41)39-22-19-34(28-43(39)49)52(35-20-23-40-38-12-8-10-14-42(38)50(3,4)44(40)29-35)33-17-15-31(16-18-33)45-24-26-47(56-45)57(5,6)46-25-21-36(55-46)27-32(30-51)48(53)54/h7-29H,1-6H3,(H,53,54). The average Bonchev–Trinajstić information content (AvgIpc) is 3.99. The molecule has 0 bridgehead atoms. The molecule has 4 nitrogen and oxygen atoms in total. The van der Waals surface area contributed by atoms with Crippen molar-refractivity contribution in [2.75, 3.05) is 4.90 Å². The van der Waals surface area contributed by atoms with E-state index in [2.05, 4.69) is 173 Å². The predicted molar refractivity (Wildman–Crippen MR) is 242 cm³/mol. The van der Waals surface area contributed by atoms with Crippen molar-refractivity contribution in [2.24, 2.45) is 0 Å². The Labute approximate surface area is 343 Å². The van der Waals surface area contributed by atoms with Crippen molar-refractivity contribution in [3.05, 3.63) is 166 Å². The molecule has 280 valence electrons. The molecule has 0 saturated heterocycles. The van der Waals surface area contributed by atoms with E-state index in [0.717, 1.165) is 21.9 Å². The maximum atomic E-state index is 11.4. The van der Waals surface area contributed by atoms with E-state index in [-0.39, 0.29) is 16.4 Å². The summed E-state index contributed by atoms with van der Waals surface area (Å²) in [6.07, 6.45) is 1.47. The summed E-state index contributed by atoms with van der Waals surface area (Å²) in [5.74, 6) is -1.20. The zero-order valence-corrected chi connectivity index (χ0v) is 35.5. The van der Waals surface area contributed by atoms with Crippen LogP contribution >= 0.6 is 22.7 Å². The molecule has 0 radical (unpaired) electrons. The highest BCUT2D eigenvalue weighted by Crippen LogP contribution is 2.53. The third kappa shape index (κ3) is 5.94. The van der Waals surface area contributed by atoms with Gasteiger partial charge in [-0.15, -0.1) is 22.7 Å². The van der Waals surface area contributed by atoms with Crippen LogP contribution in [0, 0.1) is 11.3 Å². The van der Waals surface area contributed by atoms with Crippen LogP contribution in [0.3, 0.4) is 0 Å². The van der Waals surface area contributed by atoms with Crippen molar-refractivity contribution in [1.29, 1.82) is 5.26 Å². The number of rotatable bonds is 8. The second-order valence-electron chi connectivity index (χ2n) is 16.6. The third-order valence-electron chi connectivity index (χ3n) is 12.2. The van der Waals surface area contributed by atoms with Crippen LogP contribution < -0.4 is 13.9 Å². The van der Waals surface area contributed by atoms with E-state index in [1.54, 1.807) is 17.4 Å². The summed E-state index contributed by atoms with van der Waals surface area (Å²) in [6, 6.07) is 50.9. The molecule has 0 fully saturated rings. The number of thiophene rings is 2. The number of nitrogens with zero attached hydrogens (tertiary/aromatic N) is 2. The molecule has 2 aliphatic rings. The minimum absolute atomic E-state index is 0.119. The molecule has 0 unspecified atom stereocenters. The van der Waals surface area contributed by atoms with Crippen molar-refractivity contribution >= 4 is 68.9 Å². The monoisotopic (exact) mass is 794 g/mol. The first kappa shape index (κ1) is 36.8. The van der Waals surface area contributed by atoms with Gasteiger partial charge in [0.05, 0.1) is 0 Å². The fraction of sp³-hybridized carbons (Fsp3) is 0.160. The highest BCUT2D eigenvalue weighted by molar-refractivity contribution is 7.37. The number of fused-ring (bicyclic) bond motifs is 6. The molecule has 7 aromatic rings. The van der Waals surface area contributed by atoms with Gasteiger partial charge < -0.3 is 10.0 Å². The molecule has 2 aromatic heterocycles. The Morgan fingerprint density at radius 1 is 0.632 bits per heavy atom. The van der Waals surface area contributed by atoms with E-state index < -0.39 is 14.0 Å². The molecular formula is C50H42N2O2S2Si. The average molecular weight is 795 g/mol. The van der Waals surface area contributed by atoms with Crippen LogP contribution in [0.15, 0.2) is 139 Å². The topological polar surface area (TPSA) is 64.3 Å². The molecule has 9 rings (SSSR count). The van der Waals surface area contributed by atoms with Gasteiger partial charge in [-0.3, -0.25) is 0 Å². The summed E-state index contributed by atoms with van der Waals surface area (Å²) >= 11 is 3.42. The first-order chi connectivity index (χ1) is 27.3. The Morgan fingerprint density at radius 2 is 1.12 bits per heavy atom. The van der Waals surface area contributed by atoms with Gasteiger partial charge in [0, 0.05) is 37.6 Å². The van der Waals surface area contributed by atoms with Crippen molar-refractivity contribution in [2.45, 2.75) is 51.6 Å². The quantitative estimate of drug-likeness (QED) is 0.0945. The number of carboxylic acid groups (broad SMARTS) is 1. The summed E-state index contributed by atoms with van der Waals surface area (Å²) in [6.45, 7) is 14.0. The lowest BCUT2D eigenvalue weighted by Gasteiger charge is -2.30. The van der Waals surface area contributed by atoms with Crippen LogP contribution in [0.2, 0.25) is 13.1 Å². The molecule has 0 amide bonds. The molecule has 2 aliphatic carbocycles. The number of carbonyl (C=O) groups is 1. The fourth-order valence-electron chi connectivity index (χ4n) is 8.89. The van der Waals surface area contributed by atoms with Gasteiger partial charge in [0.1, 0.15) is 19.7 Å². The number of hydrogen-bond donors (Lipinski definition) is 1. The van der Waals surface area contributed by atoms with Gasteiger partial charge in [-0.1, -0.05) is 126 Å². The van der Waals surface area contributed by atoms with E-state index in [9.17, 15) is 15.2 Å². The molecule has 0 atom stereocenters. The highest BCUT2D eigenvalue weighted by Gasteiger charge is 2.38. The molecule has 1 N–H and O–H groups in total. The highest BCUT2D eigenvalue weighted by atomic mass is 32.1. The van der Waals surface area contributed by atoms with Crippen molar-refractivity contribution in [3.8, 4) is 38.8 Å². The van der Waals surface area contributed by atoms with Crippen LogP contribution in [-0.4, -0.2) is 19.1 Å². The van der Waals surface area contributed by atoms with Crippen molar-refractivity contribution in [3.63, 3.8) is 0 Å². The SMILES string of the molecule is CC1(C)c2ccccc2-c2ccc(N(c3ccc(-c4ccc([Si](C)(C)c5ccc(C=C(C#N)C(=O)O)s5)s4)cc3)c3ccc4c(c3)C(C)(C)c3ccccc3-4)cc21. The Kier molecular flexibility index (Phi) is 8.67. The molecule has 5 aromatic carbocycles. The Hall–Kier alpha value is -5.78. The number of aliphatic carboxylic acids is 1. The van der Waals surface area contributed by atoms with Gasteiger partial charge in [-0.05, 0) is 114 Å². The number of anilines is 3. The third-order valence-corrected chi connectivity index (χ3v) is 20.4. The van der Waals surface area contributed by atoms with Crippen molar-refractivity contribution in [1.82, 2.24) is 0 Å². The second-order valence-corrected chi connectivity index (χ2v) is 23.9. The largest absolute Gasteiger partial charge is 0.477 e. The lowest BCUT2D eigenvalue weighted by atomic mass is 9.82. The van der Waals surface area contributed by atoms with Gasteiger partial charge in [-0.25, -0.2) is 4.79 Å². The first-order valence-corrected chi connectivity index (χ1v) is 23.9. The zero-order chi connectivity index (χ0) is 39.9. The van der Waals surface area contributed by atoms with Crippen LogP contribution in [0.4, 0.5) is 17.1 Å². The summed E-state index contributed by atoms with van der Waals surface area (Å²) in [5, 5.41) is 18.6. The van der Waals surface area contributed by atoms with E-state index >= 15 is 0 Å². The Balaban J connectivity index is 1.09. The molecule has 0 spiro atoms.